The minimum absolute atomic E-state index is 0.0958. The van der Waals surface area contributed by atoms with E-state index >= 15 is 0 Å². The fourth-order valence-electron chi connectivity index (χ4n) is 4.90. The molecule has 3 aromatic rings. The Balaban J connectivity index is 1.66. The third kappa shape index (κ3) is 3.49. The Bertz CT molecular complexity index is 1440. The number of hydrogen-bond donors (Lipinski definition) is 3. The molecule has 0 saturated carbocycles. The molecular formula is C26H28N4O5. The number of nitrogens with zero attached hydrogens (tertiary/aromatic N) is 2. The lowest BCUT2D eigenvalue weighted by molar-refractivity contribution is -0.172. The topological polar surface area (TPSA) is 127 Å². The molecule has 3 N–H and O–H groups in total. The Morgan fingerprint density at radius 2 is 2.11 bits per heavy atom. The first kappa shape index (κ1) is 23.0. The molecule has 2 aliphatic rings. The molecule has 0 unspecified atom stereocenters. The second-order valence-electron chi connectivity index (χ2n) is 9.02. The van der Waals surface area contributed by atoms with Crippen molar-refractivity contribution in [3.05, 3.63) is 51.3 Å². The van der Waals surface area contributed by atoms with E-state index in [4.69, 9.17) is 19.9 Å². The number of anilines is 1. The molecule has 0 amide bonds. The third-order valence-electron chi connectivity index (χ3n) is 6.93. The fraction of sp³-hybridized carbons (Fsp3) is 0.385. The minimum atomic E-state index is -1.86. The Labute approximate surface area is 202 Å². The van der Waals surface area contributed by atoms with Crippen LogP contribution in [-0.2, 0) is 28.3 Å². The normalized spacial score (nSPS) is 18.0. The van der Waals surface area contributed by atoms with E-state index in [2.05, 4.69) is 12.2 Å². The summed E-state index contributed by atoms with van der Waals surface area (Å²) in [5.74, 6) is 0.260. The molecule has 0 spiro atoms. The van der Waals surface area contributed by atoms with Crippen LogP contribution in [0.25, 0.3) is 22.3 Å². The molecule has 2 aliphatic heterocycles. The zero-order chi connectivity index (χ0) is 24.9. The van der Waals surface area contributed by atoms with Crippen LogP contribution in [-0.4, -0.2) is 33.6 Å². The van der Waals surface area contributed by atoms with Crippen molar-refractivity contribution in [3.8, 4) is 17.1 Å². The molecule has 182 valence electrons. The molecule has 4 heterocycles. The van der Waals surface area contributed by atoms with Crippen LogP contribution in [0, 0.1) is 5.41 Å². The number of carbonyl (C=O) groups is 1. The molecule has 1 atom stereocenters. The Hall–Kier alpha value is -3.72. The van der Waals surface area contributed by atoms with Gasteiger partial charge in [-0.1, -0.05) is 20.3 Å². The van der Waals surface area contributed by atoms with Crippen molar-refractivity contribution in [1.82, 2.24) is 9.55 Å². The van der Waals surface area contributed by atoms with Crippen molar-refractivity contribution in [2.75, 3.05) is 12.4 Å². The number of amidine groups is 1. The van der Waals surface area contributed by atoms with E-state index in [1.165, 1.54) is 0 Å². The number of pyridine rings is 2. The highest BCUT2D eigenvalue weighted by Gasteiger charge is 2.45. The largest absolute Gasteiger partial charge is 0.495 e. The van der Waals surface area contributed by atoms with Crippen LogP contribution < -0.4 is 15.6 Å². The summed E-state index contributed by atoms with van der Waals surface area (Å²) in [5.41, 5.74) is 1.82. The summed E-state index contributed by atoms with van der Waals surface area (Å²) in [6, 6.07) is 7.31. The van der Waals surface area contributed by atoms with E-state index < -0.39 is 11.6 Å². The molecule has 1 aromatic carbocycles. The molecule has 0 aliphatic carbocycles. The van der Waals surface area contributed by atoms with E-state index in [9.17, 15) is 14.7 Å². The van der Waals surface area contributed by atoms with E-state index in [1.54, 1.807) is 30.7 Å². The van der Waals surface area contributed by atoms with Gasteiger partial charge in [0, 0.05) is 22.9 Å². The summed E-state index contributed by atoms with van der Waals surface area (Å²) in [7, 11) is 1.58. The van der Waals surface area contributed by atoms with Gasteiger partial charge in [0.2, 0.25) is 0 Å². The molecule has 5 rings (SSSR count). The number of nitrogens with one attached hydrogen (secondary N) is 2. The lowest BCUT2D eigenvalue weighted by Crippen LogP contribution is -2.44. The van der Waals surface area contributed by atoms with Gasteiger partial charge in [0.25, 0.3) is 5.56 Å². The molecule has 0 fully saturated rings. The number of unbranched alkanes of at least 4 members (excludes halogenated alkanes) is 1. The number of esters is 1. The SMILES string of the molecule is CCCCC(=N)Nc1c(OC)ccc2nc3c(cc12)Cn1c-3cc2c(c1=O)COC(=O)[C@]2(O)CC. The summed E-state index contributed by atoms with van der Waals surface area (Å²) in [6.07, 6.45) is 2.62. The molecule has 9 heteroatoms. The lowest BCUT2D eigenvalue weighted by atomic mass is 9.86. The van der Waals surface area contributed by atoms with Crippen LogP contribution in [0.4, 0.5) is 5.69 Å². The minimum Gasteiger partial charge on any atom is -0.495 e. The summed E-state index contributed by atoms with van der Waals surface area (Å²) in [5, 5.41) is 23.3. The number of rotatable bonds is 6. The molecule has 0 radical (unpaired) electrons. The van der Waals surface area contributed by atoms with Crippen molar-refractivity contribution in [1.29, 1.82) is 5.41 Å². The standard InChI is InChI=1S/C26H28N4O5/c1-4-6-7-21(27)29-23-15-10-14-12-30-19(22(14)28-18(15)8-9-20(23)34-3)11-17-16(24(30)31)13-35-25(32)26(17,33)5-2/h8-11,33H,4-7,12-13H2,1-3H3,(H2,27,29)/t26-/m0/s1. The molecule has 0 bridgehead atoms. The Kier molecular flexibility index (Phi) is 5.59. The Morgan fingerprint density at radius 3 is 2.83 bits per heavy atom. The molecule has 0 saturated heterocycles. The second kappa shape index (κ2) is 8.49. The van der Waals surface area contributed by atoms with Crippen LogP contribution in [0.1, 0.15) is 56.2 Å². The van der Waals surface area contributed by atoms with Crippen LogP contribution in [0.2, 0.25) is 0 Å². The summed E-state index contributed by atoms with van der Waals surface area (Å²) in [6.45, 7) is 3.91. The number of fused-ring (bicyclic) bond motifs is 5. The first-order valence-electron chi connectivity index (χ1n) is 11.8. The van der Waals surface area contributed by atoms with Gasteiger partial charge in [0.05, 0.1) is 47.6 Å². The Morgan fingerprint density at radius 1 is 1.31 bits per heavy atom. The second-order valence-corrected chi connectivity index (χ2v) is 9.02. The maximum atomic E-state index is 13.4. The maximum Gasteiger partial charge on any atom is 0.343 e. The zero-order valence-electron chi connectivity index (χ0n) is 20.0. The highest BCUT2D eigenvalue weighted by atomic mass is 16.6. The monoisotopic (exact) mass is 476 g/mol. The quantitative estimate of drug-likeness (QED) is 0.220. The van der Waals surface area contributed by atoms with Crippen molar-refractivity contribution in [2.24, 2.45) is 0 Å². The third-order valence-corrected chi connectivity index (χ3v) is 6.93. The van der Waals surface area contributed by atoms with Crippen molar-refractivity contribution < 1.29 is 19.4 Å². The molecule has 35 heavy (non-hydrogen) atoms. The number of cyclic esters (lactones) is 1. The van der Waals surface area contributed by atoms with Crippen LogP contribution >= 0.6 is 0 Å². The van der Waals surface area contributed by atoms with Gasteiger partial charge >= 0.3 is 5.97 Å². The van der Waals surface area contributed by atoms with Gasteiger partial charge in [0.15, 0.2) is 5.60 Å². The van der Waals surface area contributed by atoms with E-state index in [0.29, 0.717) is 58.3 Å². The van der Waals surface area contributed by atoms with E-state index in [0.717, 1.165) is 23.8 Å². The first-order valence-corrected chi connectivity index (χ1v) is 11.8. The number of carbonyl (C=O) groups excluding carboxylic acids is 1. The predicted octanol–water partition coefficient (Wildman–Crippen LogP) is 3.67. The van der Waals surface area contributed by atoms with Gasteiger partial charge in [-0.25, -0.2) is 9.78 Å². The smallest absolute Gasteiger partial charge is 0.343 e. The number of methoxy groups -OCH3 is 1. The fourth-order valence-corrected chi connectivity index (χ4v) is 4.90. The van der Waals surface area contributed by atoms with Crippen molar-refractivity contribution in [2.45, 2.75) is 58.3 Å². The van der Waals surface area contributed by atoms with Crippen molar-refractivity contribution in [3.63, 3.8) is 0 Å². The maximum absolute atomic E-state index is 13.4. The predicted molar refractivity (Wildman–Crippen MR) is 132 cm³/mol. The zero-order valence-corrected chi connectivity index (χ0v) is 20.0. The lowest BCUT2D eigenvalue weighted by Gasteiger charge is -2.31. The van der Waals surface area contributed by atoms with Gasteiger partial charge in [-0.3, -0.25) is 10.2 Å². The number of ether oxygens (including phenoxy) is 2. The highest BCUT2D eigenvalue weighted by molar-refractivity contribution is 6.05. The number of aliphatic hydroxyl groups is 1. The van der Waals surface area contributed by atoms with Crippen LogP contribution in [0.5, 0.6) is 5.75 Å². The first-order chi connectivity index (χ1) is 16.8. The number of benzene rings is 1. The van der Waals surface area contributed by atoms with Crippen molar-refractivity contribution >= 4 is 28.4 Å². The highest BCUT2D eigenvalue weighted by Crippen LogP contribution is 2.41. The summed E-state index contributed by atoms with van der Waals surface area (Å²) >= 11 is 0. The van der Waals surface area contributed by atoms with Gasteiger partial charge in [-0.15, -0.1) is 0 Å². The average Bonchev–Trinajstić information content (AvgIpc) is 3.22. The van der Waals surface area contributed by atoms with Gasteiger partial charge in [-0.05, 0) is 37.1 Å². The van der Waals surface area contributed by atoms with Gasteiger partial charge in [0.1, 0.15) is 12.4 Å². The summed E-state index contributed by atoms with van der Waals surface area (Å²) < 4.78 is 12.3. The van der Waals surface area contributed by atoms with Crippen LogP contribution in [0.3, 0.4) is 0 Å². The number of aromatic nitrogens is 2. The van der Waals surface area contributed by atoms with Gasteiger partial charge < -0.3 is 24.5 Å². The van der Waals surface area contributed by atoms with E-state index in [1.807, 2.05) is 12.1 Å². The van der Waals surface area contributed by atoms with Crippen LogP contribution in [0.15, 0.2) is 29.1 Å². The molecule has 9 nitrogen and oxygen atoms in total. The van der Waals surface area contributed by atoms with Gasteiger partial charge in [-0.2, -0.15) is 0 Å². The average molecular weight is 477 g/mol. The molecular weight excluding hydrogens is 448 g/mol. The number of hydrogen-bond acceptors (Lipinski definition) is 7. The molecule has 2 aromatic heterocycles. The van der Waals surface area contributed by atoms with E-state index in [-0.39, 0.29) is 18.6 Å². The summed E-state index contributed by atoms with van der Waals surface area (Å²) in [4.78, 5) is 30.6.